The Kier molecular flexibility index (Phi) is 4.68. The lowest BCUT2D eigenvalue weighted by molar-refractivity contribution is 0.413. The molecule has 0 radical (unpaired) electrons. The molecular weight excluding hydrogens is 290 g/mol. The van der Waals surface area contributed by atoms with Crippen molar-refractivity contribution in [3.8, 4) is 17.2 Å². The van der Waals surface area contributed by atoms with Crippen molar-refractivity contribution in [2.24, 2.45) is 0 Å². The van der Waals surface area contributed by atoms with Crippen molar-refractivity contribution in [1.29, 1.82) is 0 Å². The zero-order valence-electron chi connectivity index (χ0n) is 13.2. The van der Waals surface area contributed by atoms with Crippen molar-refractivity contribution in [2.75, 3.05) is 7.11 Å². The first-order chi connectivity index (χ1) is 11.3. The SMILES string of the molecule is COc1ccccc1-c1nnc(CNCc2cccc(C)c2)o1. The van der Waals surface area contributed by atoms with Crippen LogP contribution in [0.4, 0.5) is 0 Å². The van der Waals surface area contributed by atoms with E-state index >= 15 is 0 Å². The smallest absolute Gasteiger partial charge is 0.251 e. The number of nitrogens with zero attached hydrogens (tertiary/aromatic N) is 2. The highest BCUT2D eigenvalue weighted by Crippen LogP contribution is 2.28. The van der Waals surface area contributed by atoms with Crippen LogP contribution in [0.15, 0.2) is 52.9 Å². The average molecular weight is 309 g/mol. The van der Waals surface area contributed by atoms with E-state index < -0.39 is 0 Å². The van der Waals surface area contributed by atoms with Gasteiger partial charge in [0.15, 0.2) is 0 Å². The molecule has 3 aromatic rings. The first-order valence-electron chi connectivity index (χ1n) is 7.48. The molecule has 1 heterocycles. The molecule has 2 aromatic carbocycles. The van der Waals surface area contributed by atoms with Gasteiger partial charge in [0.1, 0.15) is 5.75 Å². The molecule has 118 valence electrons. The van der Waals surface area contributed by atoms with Crippen molar-refractivity contribution >= 4 is 0 Å². The molecular formula is C18H19N3O2. The zero-order chi connectivity index (χ0) is 16.1. The van der Waals surface area contributed by atoms with E-state index in [9.17, 15) is 0 Å². The normalized spacial score (nSPS) is 10.7. The molecule has 0 aliphatic rings. The molecule has 0 aliphatic carbocycles. The van der Waals surface area contributed by atoms with Gasteiger partial charge in [-0.1, -0.05) is 42.0 Å². The monoisotopic (exact) mass is 309 g/mol. The molecule has 5 heteroatoms. The molecule has 23 heavy (non-hydrogen) atoms. The number of methoxy groups -OCH3 is 1. The molecule has 0 aliphatic heterocycles. The summed E-state index contributed by atoms with van der Waals surface area (Å²) < 4.78 is 11.0. The highest BCUT2D eigenvalue weighted by atomic mass is 16.5. The molecule has 0 bridgehead atoms. The number of rotatable bonds is 6. The molecule has 0 fully saturated rings. The van der Waals surface area contributed by atoms with Gasteiger partial charge in [-0.25, -0.2) is 0 Å². The van der Waals surface area contributed by atoms with Gasteiger partial charge in [0.25, 0.3) is 5.89 Å². The van der Waals surface area contributed by atoms with E-state index in [0.29, 0.717) is 18.3 Å². The summed E-state index contributed by atoms with van der Waals surface area (Å²) in [4.78, 5) is 0. The highest BCUT2D eigenvalue weighted by molar-refractivity contribution is 5.62. The summed E-state index contributed by atoms with van der Waals surface area (Å²) >= 11 is 0. The molecule has 5 nitrogen and oxygen atoms in total. The minimum Gasteiger partial charge on any atom is -0.496 e. The maximum absolute atomic E-state index is 5.71. The van der Waals surface area contributed by atoms with Gasteiger partial charge in [0.05, 0.1) is 19.2 Å². The Morgan fingerprint density at radius 2 is 1.91 bits per heavy atom. The minimum atomic E-state index is 0.467. The van der Waals surface area contributed by atoms with E-state index in [1.54, 1.807) is 7.11 Å². The number of aromatic nitrogens is 2. The molecule has 0 atom stereocenters. The van der Waals surface area contributed by atoms with Crippen molar-refractivity contribution in [2.45, 2.75) is 20.0 Å². The lowest BCUT2D eigenvalue weighted by atomic mass is 10.1. The van der Waals surface area contributed by atoms with E-state index in [2.05, 4.69) is 46.7 Å². The van der Waals surface area contributed by atoms with Gasteiger partial charge >= 0.3 is 0 Å². The second-order valence-corrected chi connectivity index (χ2v) is 5.29. The fourth-order valence-corrected chi connectivity index (χ4v) is 2.39. The topological polar surface area (TPSA) is 60.2 Å². The Bertz CT molecular complexity index is 783. The predicted octanol–water partition coefficient (Wildman–Crippen LogP) is 3.34. The summed E-state index contributed by atoms with van der Waals surface area (Å²) in [6.07, 6.45) is 0. The van der Waals surface area contributed by atoms with Crippen LogP contribution in [-0.4, -0.2) is 17.3 Å². The standard InChI is InChI=1S/C18H19N3O2/c1-13-6-5-7-14(10-13)11-19-12-17-20-21-18(23-17)15-8-3-4-9-16(15)22-2/h3-10,19H,11-12H2,1-2H3. The van der Waals surface area contributed by atoms with Crippen LogP contribution in [0, 0.1) is 6.92 Å². The molecule has 1 aromatic heterocycles. The summed E-state index contributed by atoms with van der Waals surface area (Å²) in [7, 11) is 1.62. The Morgan fingerprint density at radius 1 is 1.04 bits per heavy atom. The van der Waals surface area contributed by atoms with Crippen molar-refractivity contribution in [3.63, 3.8) is 0 Å². The van der Waals surface area contributed by atoms with Gasteiger partial charge in [-0.3, -0.25) is 0 Å². The maximum Gasteiger partial charge on any atom is 0.251 e. The van der Waals surface area contributed by atoms with E-state index in [1.165, 1.54) is 11.1 Å². The third-order valence-electron chi connectivity index (χ3n) is 3.49. The summed E-state index contributed by atoms with van der Waals surface area (Å²) in [6.45, 7) is 3.37. The summed E-state index contributed by atoms with van der Waals surface area (Å²) in [6, 6.07) is 16.0. The van der Waals surface area contributed by atoms with Crippen LogP contribution >= 0.6 is 0 Å². The molecule has 0 saturated heterocycles. The van der Waals surface area contributed by atoms with E-state index in [-0.39, 0.29) is 0 Å². The Hall–Kier alpha value is -2.66. The van der Waals surface area contributed by atoms with Gasteiger partial charge in [0, 0.05) is 6.54 Å². The second kappa shape index (κ2) is 7.07. The number of benzene rings is 2. The first kappa shape index (κ1) is 15.2. The van der Waals surface area contributed by atoms with Gasteiger partial charge < -0.3 is 14.5 Å². The lowest BCUT2D eigenvalue weighted by Crippen LogP contribution is -2.12. The van der Waals surface area contributed by atoms with Crippen LogP contribution in [0.2, 0.25) is 0 Å². The molecule has 0 saturated carbocycles. The number of ether oxygens (including phenoxy) is 1. The molecule has 0 spiro atoms. The van der Waals surface area contributed by atoms with Crippen LogP contribution in [0.1, 0.15) is 17.0 Å². The van der Waals surface area contributed by atoms with E-state index in [0.717, 1.165) is 17.9 Å². The fourth-order valence-electron chi connectivity index (χ4n) is 2.39. The second-order valence-electron chi connectivity index (χ2n) is 5.29. The van der Waals surface area contributed by atoms with E-state index in [4.69, 9.17) is 9.15 Å². The largest absolute Gasteiger partial charge is 0.496 e. The molecule has 0 unspecified atom stereocenters. The van der Waals surface area contributed by atoms with Crippen molar-refractivity contribution in [3.05, 3.63) is 65.5 Å². The van der Waals surface area contributed by atoms with Crippen molar-refractivity contribution < 1.29 is 9.15 Å². The zero-order valence-corrected chi connectivity index (χ0v) is 13.2. The van der Waals surface area contributed by atoms with Crippen LogP contribution in [-0.2, 0) is 13.1 Å². The predicted molar refractivity (Wildman–Crippen MR) is 88.0 cm³/mol. The number of hydrogen-bond donors (Lipinski definition) is 1. The molecule has 3 rings (SSSR count). The van der Waals surface area contributed by atoms with Gasteiger partial charge in [-0.05, 0) is 24.6 Å². The summed E-state index contributed by atoms with van der Waals surface area (Å²) in [5.74, 6) is 1.74. The minimum absolute atomic E-state index is 0.467. The highest BCUT2D eigenvalue weighted by Gasteiger charge is 2.12. The third-order valence-corrected chi connectivity index (χ3v) is 3.49. The maximum atomic E-state index is 5.71. The van der Waals surface area contributed by atoms with Gasteiger partial charge in [-0.2, -0.15) is 0 Å². The van der Waals surface area contributed by atoms with Crippen LogP contribution < -0.4 is 10.1 Å². The number of aryl methyl sites for hydroxylation is 1. The average Bonchev–Trinajstić information content (AvgIpc) is 3.03. The Morgan fingerprint density at radius 3 is 2.74 bits per heavy atom. The van der Waals surface area contributed by atoms with Crippen LogP contribution in [0.25, 0.3) is 11.5 Å². The van der Waals surface area contributed by atoms with Crippen LogP contribution in [0.3, 0.4) is 0 Å². The van der Waals surface area contributed by atoms with Crippen LogP contribution in [0.5, 0.6) is 5.75 Å². The Labute approximate surface area is 135 Å². The number of para-hydroxylation sites is 1. The number of hydrogen-bond acceptors (Lipinski definition) is 5. The van der Waals surface area contributed by atoms with E-state index in [1.807, 2.05) is 24.3 Å². The van der Waals surface area contributed by atoms with Gasteiger partial charge in [-0.15, -0.1) is 10.2 Å². The summed E-state index contributed by atoms with van der Waals surface area (Å²) in [5.41, 5.74) is 3.28. The molecule has 0 amide bonds. The number of nitrogens with one attached hydrogen (secondary N) is 1. The van der Waals surface area contributed by atoms with Gasteiger partial charge in [0.2, 0.25) is 5.89 Å². The van der Waals surface area contributed by atoms with Crippen molar-refractivity contribution in [1.82, 2.24) is 15.5 Å². The first-order valence-corrected chi connectivity index (χ1v) is 7.48. The Balaban J connectivity index is 1.63. The molecule has 1 N–H and O–H groups in total. The third kappa shape index (κ3) is 3.76. The quantitative estimate of drug-likeness (QED) is 0.756. The fraction of sp³-hybridized carbons (Fsp3) is 0.222. The lowest BCUT2D eigenvalue weighted by Gasteiger charge is -2.04. The summed E-state index contributed by atoms with van der Waals surface area (Å²) in [5, 5.41) is 11.5.